The highest BCUT2D eigenvalue weighted by atomic mass is 16.3. The van der Waals surface area contributed by atoms with Gasteiger partial charge in [0.05, 0.1) is 6.10 Å². The molecular weight excluding hydrogens is 160 g/mol. The first-order chi connectivity index (χ1) is 6.24. The SMILES string of the molecule is C#CC(=C)C[C@@H](O)c1ccccc1. The summed E-state index contributed by atoms with van der Waals surface area (Å²) >= 11 is 0. The molecule has 66 valence electrons. The van der Waals surface area contributed by atoms with Crippen molar-refractivity contribution >= 4 is 0 Å². The average molecular weight is 172 g/mol. The smallest absolute Gasteiger partial charge is 0.0836 e. The van der Waals surface area contributed by atoms with Crippen LogP contribution in [0, 0.1) is 12.3 Å². The van der Waals surface area contributed by atoms with Gasteiger partial charge in [0.2, 0.25) is 0 Å². The lowest BCUT2D eigenvalue weighted by molar-refractivity contribution is 0.179. The van der Waals surface area contributed by atoms with Crippen LogP contribution in [0.4, 0.5) is 0 Å². The standard InChI is InChI=1S/C12H12O/c1-3-10(2)9-12(13)11-7-5-4-6-8-11/h1,4-8,12-13H,2,9H2/t12-/m1/s1. The molecule has 0 spiro atoms. The molecule has 1 N–H and O–H groups in total. The second kappa shape index (κ2) is 4.49. The van der Waals surface area contributed by atoms with Gasteiger partial charge in [-0.15, -0.1) is 6.42 Å². The maximum absolute atomic E-state index is 9.67. The Morgan fingerprint density at radius 2 is 2.08 bits per heavy atom. The molecule has 1 aromatic carbocycles. The molecule has 0 saturated carbocycles. The molecule has 0 saturated heterocycles. The van der Waals surface area contributed by atoms with Gasteiger partial charge in [-0.3, -0.25) is 0 Å². The van der Waals surface area contributed by atoms with Crippen molar-refractivity contribution < 1.29 is 5.11 Å². The highest BCUT2D eigenvalue weighted by Gasteiger charge is 2.06. The van der Waals surface area contributed by atoms with Crippen molar-refractivity contribution in [1.29, 1.82) is 0 Å². The second-order valence-electron chi connectivity index (χ2n) is 2.88. The molecule has 0 radical (unpaired) electrons. The quantitative estimate of drug-likeness (QED) is 0.693. The van der Waals surface area contributed by atoms with Crippen molar-refractivity contribution in [1.82, 2.24) is 0 Å². The molecule has 0 heterocycles. The Morgan fingerprint density at radius 1 is 1.46 bits per heavy atom. The number of terminal acetylenes is 1. The molecule has 0 aliphatic rings. The first kappa shape index (κ1) is 9.57. The third-order valence-corrected chi connectivity index (χ3v) is 1.83. The van der Waals surface area contributed by atoms with Gasteiger partial charge in [-0.2, -0.15) is 0 Å². The Kier molecular flexibility index (Phi) is 3.31. The van der Waals surface area contributed by atoms with Crippen molar-refractivity contribution in [3.63, 3.8) is 0 Å². The molecule has 0 amide bonds. The minimum Gasteiger partial charge on any atom is -0.388 e. The predicted molar refractivity (Wildman–Crippen MR) is 54.0 cm³/mol. The van der Waals surface area contributed by atoms with Gasteiger partial charge >= 0.3 is 0 Å². The van der Waals surface area contributed by atoms with E-state index < -0.39 is 6.10 Å². The summed E-state index contributed by atoms with van der Waals surface area (Å²) < 4.78 is 0. The number of benzene rings is 1. The van der Waals surface area contributed by atoms with E-state index in [0.29, 0.717) is 12.0 Å². The Bertz CT molecular complexity index is 319. The van der Waals surface area contributed by atoms with E-state index >= 15 is 0 Å². The monoisotopic (exact) mass is 172 g/mol. The van der Waals surface area contributed by atoms with Crippen molar-refractivity contribution in [3.05, 3.63) is 48.0 Å². The second-order valence-corrected chi connectivity index (χ2v) is 2.88. The molecule has 0 unspecified atom stereocenters. The number of aliphatic hydroxyl groups excluding tert-OH is 1. The zero-order valence-electron chi connectivity index (χ0n) is 7.40. The van der Waals surface area contributed by atoms with Crippen LogP contribution in [-0.4, -0.2) is 5.11 Å². The van der Waals surface area contributed by atoms with E-state index in [9.17, 15) is 5.11 Å². The minimum atomic E-state index is -0.537. The van der Waals surface area contributed by atoms with Gasteiger partial charge in [-0.1, -0.05) is 42.8 Å². The van der Waals surface area contributed by atoms with Crippen LogP contribution in [-0.2, 0) is 0 Å². The number of hydrogen-bond acceptors (Lipinski definition) is 1. The van der Waals surface area contributed by atoms with Crippen LogP contribution in [0.25, 0.3) is 0 Å². The molecule has 1 heteroatoms. The molecule has 13 heavy (non-hydrogen) atoms. The molecule has 1 atom stereocenters. The summed E-state index contributed by atoms with van der Waals surface area (Å²) in [5.74, 6) is 2.41. The Morgan fingerprint density at radius 3 is 2.62 bits per heavy atom. The van der Waals surface area contributed by atoms with E-state index in [1.807, 2.05) is 30.3 Å². The topological polar surface area (TPSA) is 20.2 Å². The van der Waals surface area contributed by atoms with Crippen LogP contribution in [0.5, 0.6) is 0 Å². The molecule has 1 nitrogen and oxygen atoms in total. The van der Waals surface area contributed by atoms with Crippen molar-refractivity contribution in [2.24, 2.45) is 0 Å². The zero-order chi connectivity index (χ0) is 9.68. The molecule has 0 bridgehead atoms. The summed E-state index contributed by atoms with van der Waals surface area (Å²) in [6.45, 7) is 3.64. The van der Waals surface area contributed by atoms with Crippen molar-refractivity contribution in [2.45, 2.75) is 12.5 Å². The summed E-state index contributed by atoms with van der Waals surface area (Å²) in [6, 6.07) is 9.42. The largest absolute Gasteiger partial charge is 0.388 e. The first-order valence-corrected chi connectivity index (χ1v) is 4.11. The van der Waals surface area contributed by atoms with Crippen molar-refractivity contribution in [2.75, 3.05) is 0 Å². The van der Waals surface area contributed by atoms with Gasteiger partial charge in [-0.25, -0.2) is 0 Å². The minimum absolute atomic E-state index is 0.431. The lowest BCUT2D eigenvalue weighted by atomic mass is 10.0. The van der Waals surface area contributed by atoms with E-state index in [2.05, 4.69) is 12.5 Å². The maximum atomic E-state index is 9.67. The van der Waals surface area contributed by atoms with Crippen LogP contribution in [0.1, 0.15) is 18.1 Å². The fourth-order valence-electron chi connectivity index (χ4n) is 1.09. The van der Waals surface area contributed by atoms with Crippen molar-refractivity contribution in [3.8, 4) is 12.3 Å². The molecule has 0 aromatic heterocycles. The van der Waals surface area contributed by atoms with Crippen LogP contribution in [0.3, 0.4) is 0 Å². The molecule has 1 aromatic rings. The normalized spacial score (nSPS) is 11.7. The van der Waals surface area contributed by atoms with E-state index in [-0.39, 0.29) is 0 Å². The zero-order valence-corrected chi connectivity index (χ0v) is 7.40. The summed E-state index contributed by atoms with van der Waals surface area (Å²) in [7, 11) is 0. The number of aliphatic hydroxyl groups is 1. The molecular formula is C12H12O. The fraction of sp³-hybridized carbons (Fsp3) is 0.167. The van der Waals surface area contributed by atoms with Crippen LogP contribution in [0.15, 0.2) is 42.5 Å². The Labute approximate surface area is 78.7 Å². The molecule has 0 fully saturated rings. The van der Waals surface area contributed by atoms with Gasteiger partial charge in [0.1, 0.15) is 0 Å². The number of hydrogen-bond donors (Lipinski definition) is 1. The Hall–Kier alpha value is -1.52. The molecule has 1 rings (SSSR count). The van der Waals surface area contributed by atoms with Gasteiger partial charge < -0.3 is 5.11 Å². The lowest BCUT2D eigenvalue weighted by Crippen LogP contribution is -1.97. The van der Waals surface area contributed by atoms with Crippen LogP contribution >= 0.6 is 0 Å². The van der Waals surface area contributed by atoms with Gasteiger partial charge in [-0.05, 0) is 11.1 Å². The fourth-order valence-corrected chi connectivity index (χ4v) is 1.09. The summed E-state index contributed by atoms with van der Waals surface area (Å²) in [5.41, 5.74) is 1.50. The lowest BCUT2D eigenvalue weighted by Gasteiger charge is -2.09. The van der Waals surface area contributed by atoms with E-state index in [1.165, 1.54) is 0 Å². The summed E-state index contributed by atoms with van der Waals surface area (Å²) in [5, 5.41) is 9.67. The molecule has 0 aliphatic carbocycles. The van der Waals surface area contributed by atoms with E-state index in [1.54, 1.807) is 0 Å². The number of rotatable bonds is 3. The Balaban J connectivity index is 2.65. The van der Waals surface area contributed by atoms with E-state index in [4.69, 9.17) is 6.42 Å². The summed E-state index contributed by atoms with van der Waals surface area (Å²) in [4.78, 5) is 0. The maximum Gasteiger partial charge on any atom is 0.0836 e. The third kappa shape index (κ3) is 2.77. The molecule has 0 aliphatic heterocycles. The van der Waals surface area contributed by atoms with Crippen LogP contribution < -0.4 is 0 Å². The third-order valence-electron chi connectivity index (χ3n) is 1.83. The summed E-state index contributed by atoms with van der Waals surface area (Å²) in [6.07, 6.45) is 5.03. The van der Waals surface area contributed by atoms with Gasteiger partial charge in [0, 0.05) is 6.42 Å². The van der Waals surface area contributed by atoms with Gasteiger partial charge in [0.15, 0.2) is 0 Å². The average Bonchev–Trinajstić information content (AvgIpc) is 2.19. The predicted octanol–water partition coefficient (Wildman–Crippen LogP) is 2.30. The van der Waals surface area contributed by atoms with Gasteiger partial charge in [0.25, 0.3) is 0 Å². The van der Waals surface area contributed by atoms with Crippen LogP contribution in [0.2, 0.25) is 0 Å². The highest BCUT2D eigenvalue weighted by molar-refractivity contribution is 5.25. The highest BCUT2D eigenvalue weighted by Crippen LogP contribution is 2.18. The van der Waals surface area contributed by atoms with E-state index in [0.717, 1.165) is 5.56 Å². The first-order valence-electron chi connectivity index (χ1n) is 4.11.